The zero-order valence-corrected chi connectivity index (χ0v) is 15.1. The van der Waals surface area contributed by atoms with Crippen LogP contribution in [-0.4, -0.2) is 59.9 Å². The second-order valence-electron chi connectivity index (χ2n) is 7.61. The van der Waals surface area contributed by atoms with Crippen LogP contribution in [0.25, 0.3) is 0 Å². The van der Waals surface area contributed by atoms with Crippen molar-refractivity contribution < 1.29 is 14.0 Å². The first-order valence-electron chi connectivity index (χ1n) is 9.74. The fourth-order valence-corrected chi connectivity index (χ4v) is 4.59. The van der Waals surface area contributed by atoms with Crippen LogP contribution in [0.1, 0.15) is 38.5 Å². The van der Waals surface area contributed by atoms with E-state index in [1.54, 1.807) is 17.0 Å². The van der Waals surface area contributed by atoms with Crippen molar-refractivity contribution in [2.45, 2.75) is 50.6 Å². The molecule has 0 aromatic heterocycles. The zero-order valence-electron chi connectivity index (χ0n) is 15.1. The number of hydrogen-bond donors (Lipinski definition) is 0. The zero-order chi connectivity index (χ0) is 18.1. The van der Waals surface area contributed by atoms with Gasteiger partial charge in [0.15, 0.2) is 0 Å². The van der Waals surface area contributed by atoms with E-state index in [0.717, 1.165) is 57.5 Å². The minimum absolute atomic E-state index is 0.00728. The van der Waals surface area contributed by atoms with Gasteiger partial charge in [0.25, 0.3) is 0 Å². The van der Waals surface area contributed by atoms with Gasteiger partial charge in [0, 0.05) is 37.9 Å². The molecule has 4 rings (SSSR count). The molecular weight excluding hydrogens is 333 g/mol. The minimum Gasteiger partial charge on any atom is -0.369 e. The van der Waals surface area contributed by atoms with Crippen LogP contribution in [0.15, 0.2) is 24.3 Å². The molecule has 2 aliphatic heterocycles. The number of carbonyl (C=O) groups excluding carboxylic acids is 2. The summed E-state index contributed by atoms with van der Waals surface area (Å²) in [7, 11) is 0. The topological polar surface area (TPSA) is 43.9 Å². The Morgan fingerprint density at radius 3 is 2.19 bits per heavy atom. The number of benzene rings is 1. The van der Waals surface area contributed by atoms with Crippen molar-refractivity contribution in [2.24, 2.45) is 0 Å². The highest BCUT2D eigenvalue weighted by molar-refractivity contribution is 6.05. The second-order valence-corrected chi connectivity index (χ2v) is 7.61. The molecule has 1 saturated carbocycles. The molecule has 1 atom stereocenters. The molecule has 0 spiro atoms. The maximum absolute atomic E-state index is 13.1. The first kappa shape index (κ1) is 17.5. The minimum atomic E-state index is -0.292. The van der Waals surface area contributed by atoms with E-state index in [2.05, 4.69) is 9.80 Å². The van der Waals surface area contributed by atoms with Gasteiger partial charge in [0.1, 0.15) is 5.82 Å². The van der Waals surface area contributed by atoms with E-state index in [0.29, 0.717) is 6.42 Å². The second kappa shape index (κ2) is 7.35. The van der Waals surface area contributed by atoms with Crippen molar-refractivity contribution in [3.05, 3.63) is 30.1 Å². The monoisotopic (exact) mass is 359 g/mol. The quantitative estimate of drug-likeness (QED) is 0.778. The van der Waals surface area contributed by atoms with E-state index in [-0.39, 0.29) is 29.7 Å². The van der Waals surface area contributed by atoms with E-state index < -0.39 is 0 Å². The maximum atomic E-state index is 13.1. The number of carbonyl (C=O) groups is 2. The van der Waals surface area contributed by atoms with Crippen LogP contribution in [0.2, 0.25) is 0 Å². The molecule has 26 heavy (non-hydrogen) atoms. The Morgan fingerprint density at radius 2 is 1.54 bits per heavy atom. The van der Waals surface area contributed by atoms with Gasteiger partial charge in [0.05, 0.1) is 12.5 Å². The van der Waals surface area contributed by atoms with Crippen LogP contribution in [0.4, 0.5) is 10.1 Å². The Morgan fingerprint density at radius 1 is 0.885 bits per heavy atom. The van der Waals surface area contributed by atoms with E-state index in [1.807, 2.05) is 0 Å². The van der Waals surface area contributed by atoms with E-state index in [1.165, 1.54) is 18.6 Å². The summed E-state index contributed by atoms with van der Waals surface area (Å²) in [6.45, 7) is 3.07. The van der Waals surface area contributed by atoms with Gasteiger partial charge in [-0.15, -0.1) is 0 Å². The molecule has 0 radical (unpaired) electrons. The normalized spacial score (nSPS) is 26.0. The molecule has 2 heterocycles. The molecule has 0 bridgehead atoms. The molecule has 0 N–H and O–H groups in total. The van der Waals surface area contributed by atoms with E-state index in [9.17, 15) is 14.0 Å². The number of nitrogens with zero attached hydrogens (tertiary/aromatic N) is 3. The Labute approximate surface area is 153 Å². The van der Waals surface area contributed by atoms with Gasteiger partial charge in [-0.2, -0.15) is 0 Å². The number of amides is 2. The van der Waals surface area contributed by atoms with Crippen molar-refractivity contribution in [3.8, 4) is 0 Å². The fourth-order valence-electron chi connectivity index (χ4n) is 4.59. The molecule has 3 aliphatic rings. The highest BCUT2D eigenvalue weighted by Gasteiger charge is 2.45. The number of likely N-dealkylation sites (tertiary alicyclic amines) is 1. The predicted octanol–water partition coefficient (Wildman–Crippen LogP) is 2.41. The molecule has 140 valence electrons. The third-order valence-corrected chi connectivity index (χ3v) is 6.05. The summed E-state index contributed by atoms with van der Waals surface area (Å²) in [4.78, 5) is 31.3. The van der Waals surface area contributed by atoms with Gasteiger partial charge in [-0.1, -0.05) is 19.3 Å². The van der Waals surface area contributed by atoms with Gasteiger partial charge >= 0.3 is 0 Å². The average Bonchev–Trinajstić information content (AvgIpc) is 2.97. The largest absolute Gasteiger partial charge is 0.369 e. The number of imide groups is 1. The van der Waals surface area contributed by atoms with Crippen LogP contribution in [-0.2, 0) is 9.59 Å². The maximum Gasteiger partial charge on any atom is 0.247 e. The van der Waals surface area contributed by atoms with Crippen molar-refractivity contribution in [2.75, 3.05) is 31.1 Å². The molecule has 2 amide bonds. The lowest BCUT2D eigenvalue weighted by atomic mass is 9.94. The molecule has 2 saturated heterocycles. The van der Waals surface area contributed by atoms with Gasteiger partial charge in [-0.05, 0) is 37.1 Å². The fraction of sp³-hybridized carbons (Fsp3) is 0.600. The van der Waals surface area contributed by atoms with Crippen LogP contribution in [0.5, 0.6) is 0 Å². The molecule has 1 aromatic carbocycles. The van der Waals surface area contributed by atoms with Crippen molar-refractivity contribution in [1.82, 2.24) is 9.80 Å². The highest BCUT2D eigenvalue weighted by atomic mass is 19.1. The van der Waals surface area contributed by atoms with Crippen LogP contribution in [0.3, 0.4) is 0 Å². The molecule has 3 fully saturated rings. The van der Waals surface area contributed by atoms with Crippen molar-refractivity contribution in [3.63, 3.8) is 0 Å². The van der Waals surface area contributed by atoms with Crippen LogP contribution in [0, 0.1) is 5.82 Å². The average molecular weight is 359 g/mol. The first-order valence-corrected chi connectivity index (χ1v) is 9.74. The number of halogens is 1. The van der Waals surface area contributed by atoms with E-state index >= 15 is 0 Å². The first-order chi connectivity index (χ1) is 12.6. The Kier molecular flexibility index (Phi) is 4.94. The smallest absolute Gasteiger partial charge is 0.247 e. The highest BCUT2D eigenvalue weighted by Crippen LogP contribution is 2.29. The molecule has 1 aliphatic carbocycles. The Balaban J connectivity index is 1.37. The Bertz CT molecular complexity index is 664. The third-order valence-electron chi connectivity index (χ3n) is 6.05. The van der Waals surface area contributed by atoms with Gasteiger partial charge < -0.3 is 4.90 Å². The van der Waals surface area contributed by atoms with E-state index in [4.69, 9.17) is 0 Å². The van der Waals surface area contributed by atoms with Gasteiger partial charge in [-0.25, -0.2) is 4.39 Å². The third kappa shape index (κ3) is 3.34. The summed E-state index contributed by atoms with van der Waals surface area (Å²) in [5.41, 5.74) is 1.00. The lowest BCUT2D eigenvalue weighted by molar-refractivity contribution is -0.143. The summed E-state index contributed by atoms with van der Waals surface area (Å²) in [6, 6.07) is 6.36. The summed E-state index contributed by atoms with van der Waals surface area (Å²) >= 11 is 0. The summed E-state index contributed by atoms with van der Waals surface area (Å²) < 4.78 is 13.1. The summed E-state index contributed by atoms with van der Waals surface area (Å²) in [5.74, 6) is -0.213. The SMILES string of the molecule is O=C1C[C@H](N2CCN(c3ccc(F)cc3)CC2)C(=O)N1C1CCCCC1. The van der Waals surface area contributed by atoms with Crippen LogP contribution < -0.4 is 4.90 Å². The molecular formula is C20H26FN3O2. The molecule has 0 unspecified atom stereocenters. The molecule has 6 heteroatoms. The van der Waals surface area contributed by atoms with Gasteiger partial charge in [0.2, 0.25) is 11.8 Å². The number of piperazine rings is 1. The van der Waals surface area contributed by atoms with Crippen LogP contribution >= 0.6 is 0 Å². The predicted molar refractivity (Wildman–Crippen MR) is 97.3 cm³/mol. The number of rotatable bonds is 3. The molecule has 1 aromatic rings. The lowest BCUT2D eigenvalue weighted by Gasteiger charge is -2.38. The summed E-state index contributed by atoms with van der Waals surface area (Å²) in [5, 5.41) is 0. The standard InChI is InChI=1S/C20H26FN3O2/c21-15-6-8-16(9-7-15)22-10-12-23(13-11-22)18-14-19(25)24(20(18)26)17-4-2-1-3-5-17/h6-9,17-18H,1-5,10-14H2/t18-/m0/s1. The van der Waals surface area contributed by atoms with Crippen molar-refractivity contribution in [1.29, 1.82) is 0 Å². The summed E-state index contributed by atoms with van der Waals surface area (Å²) in [6.07, 6.45) is 5.68. The number of hydrogen-bond acceptors (Lipinski definition) is 4. The van der Waals surface area contributed by atoms with Gasteiger partial charge in [-0.3, -0.25) is 19.4 Å². The van der Waals surface area contributed by atoms with Crippen molar-refractivity contribution >= 4 is 17.5 Å². The Hall–Kier alpha value is -1.95. The number of anilines is 1. The lowest BCUT2D eigenvalue weighted by Crippen LogP contribution is -2.53. The molecule has 5 nitrogen and oxygen atoms in total.